The van der Waals surface area contributed by atoms with E-state index < -0.39 is 6.04 Å². The lowest BCUT2D eigenvalue weighted by Crippen LogP contribution is -2.33. The number of carbonyl (C=O) groups excluding carboxylic acids is 1. The third kappa shape index (κ3) is 2.92. The van der Waals surface area contributed by atoms with Crippen LogP contribution in [0.1, 0.15) is 35.9 Å². The molecule has 3 aromatic rings. The summed E-state index contributed by atoms with van der Waals surface area (Å²) in [5.74, 6) is 2.01. The summed E-state index contributed by atoms with van der Waals surface area (Å²) in [6, 6.07) is 15.2. The maximum Gasteiger partial charge on any atom is 0.248 e. The maximum atomic E-state index is 13.4. The van der Waals surface area contributed by atoms with E-state index in [0.29, 0.717) is 35.9 Å². The minimum atomic E-state index is -0.462. The molecule has 2 atom stereocenters. The highest BCUT2D eigenvalue weighted by Crippen LogP contribution is 2.45. The fraction of sp³-hybridized carbons (Fsp3) is 0.273. The topological polar surface area (TPSA) is 91.2 Å². The summed E-state index contributed by atoms with van der Waals surface area (Å²) in [5, 5.41) is 15.4. The molecule has 2 aliphatic rings. The number of rotatable bonds is 4. The summed E-state index contributed by atoms with van der Waals surface area (Å²) >= 11 is 0. The molecule has 2 aromatic carbocycles. The second-order valence-corrected chi connectivity index (χ2v) is 7.41. The van der Waals surface area contributed by atoms with Crippen LogP contribution in [-0.2, 0) is 4.79 Å². The highest BCUT2D eigenvalue weighted by Gasteiger charge is 2.40. The number of ether oxygens (including phenoxy) is 2. The molecule has 1 aliphatic heterocycles. The molecule has 0 bridgehead atoms. The van der Waals surface area contributed by atoms with Crippen molar-refractivity contribution in [2.45, 2.75) is 24.8 Å². The lowest BCUT2D eigenvalue weighted by molar-refractivity contribution is -0.116. The number of ketones is 1. The van der Waals surface area contributed by atoms with Crippen LogP contribution in [0.15, 0.2) is 59.8 Å². The highest BCUT2D eigenvalue weighted by molar-refractivity contribution is 6.00. The van der Waals surface area contributed by atoms with E-state index >= 15 is 0 Å². The first-order valence-electron chi connectivity index (χ1n) is 9.77. The van der Waals surface area contributed by atoms with E-state index in [1.807, 2.05) is 36.4 Å². The van der Waals surface area contributed by atoms with Crippen molar-refractivity contribution in [2.75, 3.05) is 19.5 Å². The molecule has 30 heavy (non-hydrogen) atoms. The van der Waals surface area contributed by atoms with Crippen LogP contribution in [0.2, 0.25) is 0 Å². The second-order valence-electron chi connectivity index (χ2n) is 7.41. The van der Waals surface area contributed by atoms with E-state index in [1.165, 1.54) is 0 Å². The smallest absolute Gasteiger partial charge is 0.248 e. The zero-order valence-electron chi connectivity index (χ0n) is 16.7. The van der Waals surface area contributed by atoms with Crippen molar-refractivity contribution in [3.8, 4) is 11.5 Å². The number of benzene rings is 2. The molecule has 2 heterocycles. The SMILES string of the molecule is COc1ccc(C2C3=C(CC(c4ccccc4)CC3=O)Nc3nnnn32)c(OC)c1. The number of hydrogen-bond acceptors (Lipinski definition) is 7. The van der Waals surface area contributed by atoms with Crippen LogP contribution in [0.3, 0.4) is 0 Å². The van der Waals surface area contributed by atoms with Gasteiger partial charge in [-0.05, 0) is 40.5 Å². The van der Waals surface area contributed by atoms with Gasteiger partial charge in [-0.25, -0.2) is 0 Å². The van der Waals surface area contributed by atoms with E-state index in [0.717, 1.165) is 16.8 Å². The lowest BCUT2D eigenvalue weighted by atomic mass is 9.78. The van der Waals surface area contributed by atoms with Crippen molar-refractivity contribution < 1.29 is 14.3 Å². The molecule has 0 saturated carbocycles. The molecular formula is C22H21N5O3. The number of allylic oxidation sites excluding steroid dienone is 2. The standard InChI is InChI=1S/C22H21N5O3/c1-29-15-8-9-16(19(12-15)30-2)21-20-17(23-22-24-25-26-27(21)22)10-14(11-18(20)28)13-6-4-3-5-7-13/h3-9,12,14,21H,10-11H2,1-2H3,(H,23,24,26). The van der Waals surface area contributed by atoms with Crippen molar-refractivity contribution in [3.05, 3.63) is 70.9 Å². The third-order valence-electron chi connectivity index (χ3n) is 5.79. The van der Waals surface area contributed by atoms with Crippen molar-refractivity contribution >= 4 is 11.7 Å². The van der Waals surface area contributed by atoms with E-state index in [2.05, 4.69) is 33.0 Å². The molecule has 152 valence electrons. The number of nitrogens with one attached hydrogen (secondary N) is 1. The predicted molar refractivity (Wildman–Crippen MR) is 110 cm³/mol. The Labute approximate surface area is 173 Å². The molecule has 1 aliphatic carbocycles. The molecule has 0 fully saturated rings. The quantitative estimate of drug-likeness (QED) is 0.716. The first kappa shape index (κ1) is 18.4. The first-order chi connectivity index (χ1) is 14.7. The normalized spacial score (nSPS) is 20.3. The van der Waals surface area contributed by atoms with Gasteiger partial charge in [-0.15, -0.1) is 0 Å². The fourth-order valence-electron chi connectivity index (χ4n) is 4.37. The number of aromatic nitrogens is 4. The minimum absolute atomic E-state index is 0.0848. The average molecular weight is 403 g/mol. The number of tetrazole rings is 1. The fourth-order valence-corrected chi connectivity index (χ4v) is 4.37. The maximum absolute atomic E-state index is 13.4. The highest BCUT2D eigenvalue weighted by atomic mass is 16.5. The number of anilines is 1. The van der Waals surface area contributed by atoms with Crippen LogP contribution in [0.5, 0.6) is 11.5 Å². The number of nitrogens with zero attached hydrogens (tertiary/aromatic N) is 4. The van der Waals surface area contributed by atoms with Crippen molar-refractivity contribution in [3.63, 3.8) is 0 Å². The number of methoxy groups -OCH3 is 2. The Hall–Kier alpha value is -3.68. The second kappa shape index (κ2) is 7.29. The zero-order chi connectivity index (χ0) is 20.7. The Morgan fingerprint density at radius 2 is 1.90 bits per heavy atom. The Bertz CT molecular complexity index is 1140. The van der Waals surface area contributed by atoms with Crippen molar-refractivity contribution in [1.29, 1.82) is 0 Å². The van der Waals surface area contributed by atoms with Gasteiger partial charge in [0.05, 0.1) is 14.2 Å². The van der Waals surface area contributed by atoms with E-state index in [-0.39, 0.29) is 11.7 Å². The summed E-state index contributed by atoms with van der Waals surface area (Å²) in [4.78, 5) is 13.4. The van der Waals surface area contributed by atoms with Gasteiger partial charge in [-0.1, -0.05) is 35.4 Å². The molecule has 1 aromatic heterocycles. The van der Waals surface area contributed by atoms with Crippen LogP contribution in [0, 0.1) is 0 Å². The molecule has 0 spiro atoms. The minimum Gasteiger partial charge on any atom is -0.497 e. The van der Waals surface area contributed by atoms with Gasteiger partial charge in [0.1, 0.15) is 17.5 Å². The monoisotopic (exact) mass is 403 g/mol. The lowest BCUT2D eigenvalue weighted by Gasteiger charge is -2.35. The van der Waals surface area contributed by atoms with Gasteiger partial charge in [0.15, 0.2) is 5.78 Å². The van der Waals surface area contributed by atoms with Gasteiger partial charge in [-0.3, -0.25) is 4.79 Å². The molecule has 8 nitrogen and oxygen atoms in total. The van der Waals surface area contributed by atoms with Crippen LogP contribution in [0.25, 0.3) is 0 Å². The Balaban J connectivity index is 1.63. The van der Waals surface area contributed by atoms with Gasteiger partial charge in [0.25, 0.3) is 0 Å². The first-order valence-corrected chi connectivity index (χ1v) is 9.77. The molecular weight excluding hydrogens is 382 g/mol. The van der Waals surface area contributed by atoms with Crippen LogP contribution in [-0.4, -0.2) is 40.2 Å². The Morgan fingerprint density at radius 3 is 2.67 bits per heavy atom. The zero-order valence-corrected chi connectivity index (χ0v) is 16.7. The number of hydrogen-bond donors (Lipinski definition) is 1. The summed E-state index contributed by atoms with van der Waals surface area (Å²) < 4.78 is 12.6. The molecule has 5 rings (SSSR count). The van der Waals surface area contributed by atoms with Crippen LogP contribution < -0.4 is 14.8 Å². The van der Waals surface area contributed by atoms with Gasteiger partial charge < -0.3 is 14.8 Å². The van der Waals surface area contributed by atoms with Crippen LogP contribution >= 0.6 is 0 Å². The summed E-state index contributed by atoms with van der Waals surface area (Å²) in [5.41, 5.74) is 3.52. The molecule has 1 N–H and O–H groups in total. The van der Waals surface area contributed by atoms with Gasteiger partial charge in [0, 0.05) is 29.3 Å². The van der Waals surface area contributed by atoms with Gasteiger partial charge in [-0.2, -0.15) is 4.68 Å². The molecule has 2 unspecified atom stereocenters. The largest absolute Gasteiger partial charge is 0.497 e. The molecule has 0 amide bonds. The molecule has 0 radical (unpaired) electrons. The van der Waals surface area contributed by atoms with E-state index in [1.54, 1.807) is 18.9 Å². The van der Waals surface area contributed by atoms with Crippen LogP contribution in [0.4, 0.5) is 5.95 Å². The average Bonchev–Trinajstić information content (AvgIpc) is 3.26. The number of carbonyl (C=O) groups is 1. The van der Waals surface area contributed by atoms with Gasteiger partial charge in [0.2, 0.25) is 5.95 Å². The van der Waals surface area contributed by atoms with Crippen molar-refractivity contribution in [2.24, 2.45) is 0 Å². The number of fused-ring (bicyclic) bond motifs is 1. The summed E-state index contributed by atoms with van der Waals surface area (Å²) in [6.45, 7) is 0. The van der Waals surface area contributed by atoms with E-state index in [4.69, 9.17) is 9.47 Å². The van der Waals surface area contributed by atoms with E-state index in [9.17, 15) is 4.79 Å². The predicted octanol–water partition coefficient (Wildman–Crippen LogP) is 3.11. The number of Topliss-reactive ketones (excluding diaryl/α,β-unsaturated/α-hetero) is 1. The molecule has 8 heteroatoms. The summed E-state index contributed by atoms with van der Waals surface area (Å²) in [6.07, 6.45) is 1.16. The van der Waals surface area contributed by atoms with Gasteiger partial charge >= 0.3 is 0 Å². The Kier molecular flexibility index (Phi) is 4.46. The van der Waals surface area contributed by atoms with Crippen molar-refractivity contribution in [1.82, 2.24) is 20.2 Å². The Morgan fingerprint density at radius 1 is 1.07 bits per heavy atom. The third-order valence-corrected chi connectivity index (χ3v) is 5.79. The molecule has 0 saturated heterocycles. The summed E-state index contributed by atoms with van der Waals surface area (Å²) in [7, 11) is 3.21.